The minimum atomic E-state index is -0.720. The molecule has 2 aromatic carbocycles. The van der Waals surface area contributed by atoms with Crippen LogP contribution in [-0.4, -0.2) is 38.2 Å². The van der Waals surface area contributed by atoms with Crippen molar-refractivity contribution in [1.29, 1.82) is 0 Å². The number of hydrogen-bond acceptors (Lipinski definition) is 3. The van der Waals surface area contributed by atoms with Crippen molar-refractivity contribution in [3.63, 3.8) is 0 Å². The number of rotatable bonds is 6. The van der Waals surface area contributed by atoms with Crippen LogP contribution in [0.2, 0.25) is 0 Å². The van der Waals surface area contributed by atoms with Crippen LogP contribution in [0.1, 0.15) is 48.9 Å². The zero-order chi connectivity index (χ0) is 24.4. The summed E-state index contributed by atoms with van der Waals surface area (Å²) in [6.45, 7) is 1.66. The third kappa shape index (κ3) is 5.14. The van der Waals surface area contributed by atoms with Crippen LogP contribution >= 0.6 is 0 Å². The lowest BCUT2D eigenvalue weighted by molar-refractivity contribution is -0.143. The fourth-order valence-electron chi connectivity index (χ4n) is 5.40. The molecule has 2 aliphatic rings. The monoisotopic (exact) mass is 475 g/mol. The summed E-state index contributed by atoms with van der Waals surface area (Å²) in [6.07, 6.45) is 4.11. The van der Waals surface area contributed by atoms with Crippen molar-refractivity contribution >= 4 is 11.9 Å². The Labute approximate surface area is 204 Å². The first-order valence-corrected chi connectivity index (χ1v) is 12.4. The van der Waals surface area contributed by atoms with Crippen molar-refractivity contribution in [3.8, 4) is 11.3 Å². The summed E-state index contributed by atoms with van der Waals surface area (Å²) in [7, 11) is 0. The molecule has 1 aromatic heterocycles. The molecule has 1 fully saturated rings. The molecule has 0 radical (unpaired) electrons. The molecule has 1 aliphatic heterocycles. The van der Waals surface area contributed by atoms with Crippen LogP contribution in [0.25, 0.3) is 11.3 Å². The number of aliphatic carboxylic acids is 1. The third-order valence-electron chi connectivity index (χ3n) is 7.44. The fraction of sp³-hybridized carbons (Fsp3) is 0.393. The predicted molar refractivity (Wildman–Crippen MR) is 130 cm³/mol. The molecular formula is C28H30FN3O3. The van der Waals surface area contributed by atoms with E-state index < -0.39 is 5.97 Å². The highest BCUT2D eigenvalue weighted by atomic mass is 19.1. The maximum absolute atomic E-state index is 13.4. The van der Waals surface area contributed by atoms with Crippen molar-refractivity contribution in [3.05, 3.63) is 77.2 Å². The Balaban J connectivity index is 1.35. The summed E-state index contributed by atoms with van der Waals surface area (Å²) < 4.78 is 15.4. The molecule has 1 amide bonds. The average Bonchev–Trinajstić information content (AvgIpc) is 3.24. The van der Waals surface area contributed by atoms with Crippen molar-refractivity contribution in [1.82, 2.24) is 14.7 Å². The first-order valence-electron chi connectivity index (χ1n) is 12.4. The number of carboxylic acids is 1. The quantitative estimate of drug-likeness (QED) is 0.550. The maximum Gasteiger partial charge on any atom is 0.306 e. The topological polar surface area (TPSA) is 75.4 Å². The van der Waals surface area contributed by atoms with Gasteiger partial charge in [0.15, 0.2) is 0 Å². The van der Waals surface area contributed by atoms with Crippen molar-refractivity contribution < 1.29 is 19.1 Å². The van der Waals surface area contributed by atoms with Gasteiger partial charge < -0.3 is 10.0 Å². The molecule has 1 N–H and O–H groups in total. The van der Waals surface area contributed by atoms with Gasteiger partial charge in [-0.15, -0.1) is 0 Å². The largest absolute Gasteiger partial charge is 0.481 e. The Morgan fingerprint density at radius 3 is 2.40 bits per heavy atom. The SMILES string of the molecule is O=C(C[C@H]1CC[C@H](C(=O)O)CC1)N1CCc2c(-c3ccccc3)nn(Cc3ccc(F)cc3)c2C1. The number of carbonyl (C=O) groups excluding carboxylic acids is 1. The number of halogens is 1. The van der Waals surface area contributed by atoms with Crippen LogP contribution in [0, 0.1) is 17.7 Å². The molecule has 1 aliphatic carbocycles. The molecule has 2 heterocycles. The second kappa shape index (κ2) is 10.0. The first-order chi connectivity index (χ1) is 17.0. The zero-order valence-electron chi connectivity index (χ0n) is 19.7. The van der Waals surface area contributed by atoms with E-state index in [-0.39, 0.29) is 23.6 Å². The number of carboxylic acid groups (broad SMARTS) is 1. The van der Waals surface area contributed by atoms with Gasteiger partial charge in [0.1, 0.15) is 5.82 Å². The number of carbonyl (C=O) groups is 2. The van der Waals surface area contributed by atoms with Gasteiger partial charge in [0, 0.05) is 24.1 Å². The molecule has 0 unspecified atom stereocenters. The lowest BCUT2D eigenvalue weighted by Crippen LogP contribution is -2.38. The molecule has 0 saturated heterocycles. The highest BCUT2D eigenvalue weighted by Gasteiger charge is 2.31. The van der Waals surface area contributed by atoms with E-state index in [0.29, 0.717) is 38.9 Å². The Bertz CT molecular complexity index is 1200. The number of hydrogen-bond donors (Lipinski definition) is 1. The van der Waals surface area contributed by atoms with Gasteiger partial charge in [0.25, 0.3) is 0 Å². The normalized spacial score (nSPS) is 19.9. The Hall–Kier alpha value is -3.48. The summed E-state index contributed by atoms with van der Waals surface area (Å²) >= 11 is 0. The van der Waals surface area contributed by atoms with Crippen LogP contribution in [0.5, 0.6) is 0 Å². The molecule has 182 valence electrons. The standard InChI is InChI=1S/C28H30FN3O3/c29-23-12-8-20(9-13-23)17-32-25-18-31(26(33)16-19-6-10-22(11-7-19)28(34)35)15-14-24(25)27(30-32)21-4-2-1-3-5-21/h1-5,8-9,12-13,19,22H,6-7,10-11,14-18H2,(H,34,35)/t19-,22-. The predicted octanol–water partition coefficient (Wildman–Crippen LogP) is 4.90. The summed E-state index contributed by atoms with van der Waals surface area (Å²) in [4.78, 5) is 26.4. The van der Waals surface area contributed by atoms with E-state index in [2.05, 4.69) is 12.1 Å². The smallest absolute Gasteiger partial charge is 0.306 e. The van der Waals surface area contributed by atoms with Crippen molar-refractivity contribution in [2.45, 2.75) is 51.6 Å². The van der Waals surface area contributed by atoms with Gasteiger partial charge in [-0.05, 0) is 55.7 Å². The van der Waals surface area contributed by atoms with Gasteiger partial charge in [-0.3, -0.25) is 14.3 Å². The van der Waals surface area contributed by atoms with Gasteiger partial charge in [-0.1, -0.05) is 42.5 Å². The first kappa shape index (κ1) is 23.3. The van der Waals surface area contributed by atoms with Crippen molar-refractivity contribution in [2.75, 3.05) is 6.54 Å². The number of aromatic nitrogens is 2. The lowest BCUT2D eigenvalue weighted by atomic mass is 9.80. The summed E-state index contributed by atoms with van der Waals surface area (Å²) in [5.74, 6) is -0.873. The minimum Gasteiger partial charge on any atom is -0.481 e. The Kier molecular flexibility index (Phi) is 6.66. The van der Waals surface area contributed by atoms with E-state index >= 15 is 0 Å². The van der Waals surface area contributed by atoms with Crippen LogP contribution < -0.4 is 0 Å². The van der Waals surface area contributed by atoms with E-state index in [1.54, 1.807) is 12.1 Å². The lowest BCUT2D eigenvalue weighted by Gasteiger charge is -2.31. The fourth-order valence-corrected chi connectivity index (χ4v) is 5.40. The zero-order valence-corrected chi connectivity index (χ0v) is 19.7. The van der Waals surface area contributed by atoms with Gasteiger partial charge in [-0.2, -0.15) is 5.10 Å². The van der Waals surface area contributed by atoms with Gasteiger partial charge in [0.2, 0.25) is 5.91 Å². The van der Waals surface area contributed by atoms with Gasteiger partial charge in [-0.25, -0.2) is 4.39 Å². The number of amides is 1. The number of nitrogens with zero attached hydrogens (tertiary/aromatic N) is 3. The molecule has 0 bridgehead atoms. The van der Waals surface area contributed by atoms with E-state index in [0.717, 1.165) is 41.8 Å². The Morgan fingerprint density at radius 2 is 1.71 bits per heavy atom. The van der Waals surface area contributed by atoms with E-state index in [1.165, 1.54) is 17.7 Å². The van der Waals surface area contributed by atoms with Crippen molar-refractivity contribution in [2.24, 2.45) is 11.8 Å². The van der Waals surface area contributed by atoms with E-state index in [1.807, 2.05) is 27.8 Å². The second-order valence-corrected chi connectivity index (χ2v) is 9.75. The molecular weight excluding hydrogens is 445 g/mol. The van der Waals surface area contributed by atoms with Gasteiger partial charge >= 0.3 is 5.97 Å². The summed E-state index contributed by atoms with van der Waals surface area (Å²) in [5, 5.41) is 14.2. The molecule has 3 aromatic rings. The molecule has 6 nitrogen and oxygen atoms in total. The second-order valence-electron chi connectivity index (χ2n) is 9.75. The molecule has 35 heavy (non-hydrogen) atoms. The van der Waals surface area contributed by atoms with E-state index in [4.69, 9.17) is 5.10 Å². The summed E-state index contributed by atoms with van der Waals surface area (Å²) in [6, 6.07) is 16.5. The third-order valence-corrected chi connectivity index (χ3v) is 7.44. The number of benzene rings is 2. The molecule has 5 rings (SSSR count). The average molecular weight is 476 g/mol. The van der Waals surface area contributed by atoms with Crippen LogP contribution in [0.3, 0.4) is 0 Å². The highest BCUT2D eigenvalue weighted by Crippen LogP contribution is 2.34. The van der Waals surface area contributed by atoms with Gasteiger partial charge in [0.05, 0.1) is 30.4 Å². The maximum atomic E-state index is 13.4. The van der Waals surface area contributed by atoms with Crippen LogP contribution in [0.4, 0.5) is 4.39 Å². The molecule has 1 saturated carbocycles. The number of fused-ring (bicyclic) bond motifs is 1. The van der Waals surface area contributed by atoms with Crippen LogP contribution in [0.15, 0.2) is 54.6 Å². The van der Waals surface area contributed by atoms with E-state index in [9.17, 15) is 19.1 Å². The Morgan fingerprint density at radius 1 is 1.00 bits per heavy atom. The molecule has 0 atom stereocenters. The van der Waals surface area contributed by atoms with Crippen LogP contribution in [-0.2, 0) is 29.1 Å². The molecule has 0 spiro atoms. The minimum absolute atomic E-state index is 0.130. The highest BCUT2D eigenvalue weighted by molar-refractivity contribution is 5.77. The summed E-state index contributed by atoms with van der Waals surface area (Å²) in [5.41, 5.74) is 5.15. The molecule has 7 heteroatoms.